The number of nitriles is 1. The second-order valence-electron chi connectivity index (χ2n) is 11.5. The lowest BCUT2D eigenvalue weighted by Gasteiger charge is -2.60. The Morgan fingerprint density at radius 2 is 1.87 bits per heavy atom. The van der Waals surface area contributed by atoms with Crippen molar-refractivity contribution >= 4 is 45.1 Å². The molecule has 2 aromatic carbocycles. The van der Waals surface area contributed by atoms with Crippen LogP contribution in [-0.2, 0) is 6.42 Å². The number of benzene rings is 2. The summed E-state index contributed by atoms with van der Waals surface area (Å²) < 4.78 is 20.8. The quantitative estimate of drug-likeness (QED) is 0.155. The Morgan fingerprint density at radius 3 is 2.52 bits per heavy atom. The number of aryl methyl sites for hydroxylation is 1. The maximum absolute atomic E-state index is 13.5. The minimum Gasteiger partial charge on any atom is -0.410 e. The van der Waals surface area contributed by atoms with Crippen LogP contribution in [-0.4, -0.2) is 63.7 Å². The molecule has 0 aliphatic carbocycles. The molecule has 7 rings (SSSR count). The van der Waals surface area contributed by atoms with Crippen molar-refractivity contribution in [2.75, 3.05) is 43.0 Å². The summed E-state index contributed by atoms with van der Waals surface area (Å²) in [6.45, 7) is 4.74. The minimum absolute atomic E-state index is 0.0135. The van der Waals surface area contributed by atoms with Crippen LogP contribution in [0.3, 0.4) is 0 Å². The zero-order valence-corrected chi connectivity index (χ0v) is 25.7. The van der Waals surface area contributed by atoms with Crippen LogP contribution in [0.4, 0.5) is 31.4 Å². The highest BCUT2D eigenvalue weighted by Crippen LogP contribution is 2.44. The number of carbonyl (C=O) groups is 1. The molecule has 3 aromatic heterocycles. The van der Waals surface area contributed by atoms with Crippen LogP contribution in [0.1, 0.15) is 17.5 Å². The number of halogens is 1. The normalized spacial score (nSPS) is 14.9. The van der Waals surface area contributed by atoms with Crippen LogP contribution in [0.5, 0.6) is 5.75 Å². The van der Waals surface area contributed by atoms with E-state index in [0.29, 0.717) is 40.8 Å². The average molecular weight is 639 g/mol. The number of thiazole rings is 1. The van der Waals surface area contributed by atoms with E-state index < -0.39 is 11.0 Å². The molecule has 46 heavy (non-hydrogen) atoms. The molecule has 0 atom stereocenters. The summed E-state index contributed by atoms with van der Waals surface area (Å²) in [7, 11) is 1.91. The first-order valence-electron chi connectivity index (χ1n) is 14.5. The number of rotatable bonds is 7. The van der Waals surface area contributed by atoms with E-state index in [1.54, 1.807) is 17.0 Å². The van der Waals surface area contributed by atoms with E-state index in [9.17, 15) is 24.6 Å². The molecule has 5 heterocycles. The molecule has 2 aliphatic rings. The molecular formula is C32H27FN8O4S. The van der Waals surface area contributed by atoms with Crippen molar-refractivity contribution in [3.8, 4) is 23.1 Å². The highest BCUT2D eigenvalue weighted by molar-refractivity contribution is 7.16. The summed E-state index contributed by atoms with van der Waals surface area (Å²) in [4.78, 5) is 34.1. The zero-order valence-electron chi connectivity index (χ0n) is 24.9. The van der Waals surface area contributed by atoms with Gasteiger partial charge in [-0.3, -0.25) is 10.1 Å². The molecule has 0 N–H and O–H groups in total. The van der Waals surface area contributed by atoms with Gasteiger partial charge in [0.1, 0.15) is 28.2 Å². The lowest BCUT2D eigenvalue weighted by Crippen LogP contribution is -2.73. The first-order valence-corrected chi connectivity index (χ1v) is 15.4. The summed E-state index contributed by atoms with van der Waals surface area (Å²) in [5.74, 6) is -0.0871. The van der Waals surface area contributed by atoms with Gasteiger partial charge >= 0.3 is 6.09 Å². The molecule has 0 bridgehead atoms. The van der Waals surface area contributed by atoms with Gasteiger partial charge in [0.25, 0.3) is 5.69 Å². The highest BCUT2D eigenvalue weighted by atomic mass is 32.1. The summed E-state index contributed by atoms with van der Waals surface area (Å²) in [5, 5.41) is 26.1. The number of nitro groups is 1. The fourth-order valence-corrected chi connectivity index (χ4v) is 6.99. The van der Waals surface area contributed by atoms with E-state index in [1.807, 2.05) is 35.6 Å². The number of ether oxygens (including phenoxy) is 1. The van der Waals surface area contributed by atoms with Gasteiger partial charge in [-0.25, -0.2) is 18.7 Å². The maximum atomic E-state index is 13.5. The lowest BCUT2D eigenvalue weighted by molar-refractivity contribution is -0.384. The van der Waals surface area contributed by atoms with Crippen molar-refractivity contribution in [2.45, 2.75) is 13.3 Å². The molecule has 232 valence electrons. The van der Waals surface area contributed by atoms with Crippen LogP contribution in [0.15, 0.2) is 66.9 Å². The molecule has 0 radical (unpaired) electrons. The van der Waals surface area contributed by atoms with Crippen molar-refractivity contribution in [3.05, 3.63) is 93.4 Å². The van der Waals surface area contributed by atoms with Crippen molar-refractivity contribution in [3.63, 3.8) is 0 Å². The molecule has 1 amide bonds. The molecule has 1 spiro atoms. The summed E-state index contributed by atoms with van der Waals surface area (Å²) in [6.07, 6.45) is 2.16. The molecule has 2 saturated heterocycles. The largest absolute Gasteiger partial charge is 0.415 e. The number of aromatic nitrogens is 3. The minimum atomic E-state index is -0.501. The Kier molecular flexibility index (Phi) is 7.05. The smallest absolute Gasteiger partial charge is 0.410 e. The van der Waals surface area contributed by atoms with Crippen molar-refractivity contribution < 1.29 is 18.8 Å². The van der Waals surface area contributed by atoms with E-state index in [1.165, 1.54) is 47.7 Å². The van der Waals surface area contributed by atoms with Gasteiger partial charge in [-0.1, -0.05) is 18.3 Å². The molecule has 12 nitrogen and oxygen atoms in total. The molecule has 14 heteroatoms. The van der Waals surface area contributed by atoms with Gasteiger partial charge in [-0.15, -0.1) is 0 Å². The monoisotopic (exact) mass is 638 g/mol. The number of anilines is 3. The molecule has 2 fully saturated rings. The third-order valence-electron chi connectivity index (χ3n) is 8.44. The van der Waals surface area contributed by atoms with Crippen molar-refractivity contribution in [1.82, 2.24) is 19.5 Å². The predicted octanol–water partition coefficient (Wildman–Crippen LogP) is 6.03. The number of hydrogen-bond acceptors (Lipinski definition) is 10. The molecule has 5 aromatic rings. The van der Waals surface area contributed by atoms with Crippen LogP contribution >= 0.6 is 11.3 Å². The Balaban J connectivity index is 1.06. The fraction of sp³-hybridized carbons (Fsp3) is 0.250. The van der Waals surface area contributed by atoms with Crippen molar-refractivity contribution in [2.24, 2.45) is 5.41 Å². The Bertz CT molecular complexity index is 2020. The Morgan fingerprint density at radius 1 is 1.15 bits per heavy atom. The van der Waals surface area contributed by atoms with Gasteiger partial charge in [0, 0.05) is 68.2 Å². The number of amides is 1. The predicted molar refractivity (Wildman–Crippen MR) is 170 cm³/mol. The Hall–Kier alpha value is -5.55. The number of non-ortho nitro benzene ring substituents is 1. The SMILES string of the molecule is CCc1nn2ccc(N3CC4(CN(C(=O)Oc5ccc([N+](=O)[O-])cc5)C4)C3)cc2c1N(C)c1nc(-c2ccc(F)cc2)c(C#N)s1. The first kappa shape index (κ1) is 29.2. The standard InChI is InChI=1S/C32H27FN8O4S/c1-3-25-29(37(2)30-35-28(27(15-34)46-30)20-4-6-21(33)7-5-20)26-14-23(12-13-40(26)36-25)38-16-32(17-38)18-39(19-32)31(42)45-24-10-8-22(9-11-24)41(43)44/h4-14H,3,16-19H2,1-2H3. The van der Waals surface area contributed by atoms with Gasteiger partial charge in [0.05, 0.1) is 21.8 Å². The van der Waals surface area contributed by atoms with Gasteiger partial charge < -0.3 is 19.4 Å². The summed E-state index contributed by atoms with van der Waals surface area (Å²) in [5.41, 5.74) is 4.83. The van der Waals surface area contributed by atoms with E-state index in [-0.39, 0.29) is 22.7 Å². The fourth-order valence-electron chi connectivity index (χ4n) is 6.14. The van der Waals surface area contributed by atoms with Crippen molar-refractivity contribution in [1.29, 1.82) is 5.26 Å². The van der Waals surface area contributed by atoms with E-state index in [2.05, 4.69) is 17.0 Å². The van der Waals surface area contributed by atoms with E-state index >= 15 is 0 Å². The number of pyridine rings is 1. The molecule has 2 aliphatic heterocycles. The van der Waals surface area contributed by atoms with Gasteiger partial charge in [-0.05, 0) is 55.0 Å². The van der Waals surface area contributed by atoms with Crippen LogP contribution in [0.2, 0.25) is 0 Å². The third kappa shape index (κ3) is 5.04. The lowest BCUT2D eigenvalue weighted by atomic mass is 9.73. The number of carbonyl (C=O) groups excluding carboxylic acids is 1. The van der Waals surface area contributed by atoms with Crippen LogP contribution in [0, 0.1) is 32.7 Å². The number of fused-ring (bicyclic) bond motifs is 1. The van der Waals surface area contributed by atoms with Gasteiger partial charge in [-0.2, -0.15) is 10.4 Å². The van der Waals surface area contributed by atoms with Gasteiger partial charge in [0.15, 0.2) is 5.13 Å². The molecule has 0 unspecified atom stereocenters. The van der Waals surface area contributed by atoms with Gasteiger partial charge in [0.2, 0.25) is 0 Å². The molecule has 0 saturated carbocycles. The first-order chi connectivity index (χ1) is 22.2. The maximum Gasteiger partial charge on any atom is 0.415 e. The van der Waals surface area contributed by atoms with E-state index in [4.69, 9.17) is 14.8 Å². The summed E-state index contributed by atoms with van der Waals surface area (Å²) >= 11 is 1.28. The highest BCUT2D eigenvalue weighted by Gasteiger charge is 2.54. The average Bonchev–Trinajstić information content (AvgIpc) is 3.61. The number of nitrogens with zero attached hydrogens (tertiary/aromatic N) is 8. The second kappa shape index (κ2) is 11.1. The number of nitro benzene ring substituents is 1. The third-order valence-corrected chi connectivity index (χ3v) is 9.47. The number of hydrogen-bond donors (Lipinski definition) is 0. The van der Waals surface area contributed by atoms with Crippen LogP contribution in [0.25, 0.3) is 16.8 Å². The summed E-state index contributed by atoms with van der Waals surface area (Å²) in [6, 6.07) is 17.8. The zero-order chi connectivity index (χ0) is 32.2. The van der Waals surface area contributed by atoms with Crippen LogP contribution < -0.4 is 14.5 Å². The topological polar surface area (TPSA) is 133 Å². The second-order valence-corrected chi connectivity index (χ2v) is 12.5. The Labute approximate surface area is 266 Å². The number of likely N-dealkylation sites (tertiary alicyclic amines) is 1. The molecular weight excluding hydrogens is 611 g/mol. The van der Waals surface area contributed by atoms with E-state index in [0.717, 1.165) is 35.7 Å².